The van der Waals surface area contributed by atoms with Gasteiger partial charge in [-0.15, -0.1) is 0 Å². The molecule has 2 saturated heterocycles. The third-order valence-corrected chi connectivity index (χ3v) is 6.10. The lowest BCUT2D eigenvalue weighted by atomic mass is 9.99. The number of hydrogen-bond acceptors (Lipinski definition) is 5. The molecule has 2 aromatic rings. The van der Waals surface area contributed by atoms with Crippen LogP contribution >= 0.6 is 0 Å². The van der Waals surface area contributed by atoms with Crippen molar-refractivity contribution in [3.8, 4) is 11.3 Å². The highest BCUT2D eigenvalue weighted by Crippen LogP contribution is 2.44. The summed E-state index contributed by atoms with van der Waals surface area (Å²) >= 11 is 0. The van der Waals surface area contributed by atoms with Gasteiger partial charge in [-0.05, 0) is 25.7 Å². The smallest absolute Gasteiger partial charge is 0.407 e. The number of esters is 1. The molecule has 1 aromatic heterocycles. The molecule has 146 valence electrons. The van der Waals surface area contributed by atoms with Crippen molar-refractivity contribution in [2.45, 2.75) is 62.6 Å². The number of nitrogens with zero attached hydrogens (tertiary/aromatic N) is 2. The molecule has 7 nitrogen and oxygen atoms in total. The maximum atomic E-state index is 13.1. The summed E-state index contributed by atoms with van der Waals surface area (Å²) in [4.78, 5) is 26.1. The van der Waals surface area contributed by atoms with Crippen LogP contribution in [0.5, 0.6) is 0 Å². The summed E-state index contributed by atoms with van der Waals surface area (Å²) in [6, 6.07) is 9.38. The third kappa shape index (κ3) is 2.95. The largest absolute Gasteiger partial charge is 0.465 e. The Morgan fingerprint density at radius 3 is 2.36 bits per heavy atom. The monoisotopic (exact) mass is 382 g/mol. The van der Waals surface area contributed by atoms with E-state index in [2.05, 4.69) is 5.16 Å². The van der Waals surface area contributed by atoms with E-state index >= 15 is 0 Å². The normalized spacial score (nSPS) is 26.3. The molecule has 1 aliphatic carbocycles. The molecular weight excluding hydrogens is 360 g/mol. The predicted molar refractivity (Wildman–Crippen MR) is 99.0 cm³/mol. The first-order chi connectivity index (χ1) is 13.6. The van der Waals surface area contributed by atoms with Crippen LogP contribution in [-0.2, 0) is 4.74 Å². The summed E-state index contributed by atoms with van der Waals surface area (Å²) in [6.45, 7) is 0. The van der Waals surface area contributed by atoms with Crippen molar-refractivity contribution in [1.29, 1.82) is 0 Å². The van der Waals surface area contributed by atoms with Crippen molar-refractivity contribution in [3.05, 3.63) is 41.7 Å². The van der Waals surface area contributed by atoms with Gasteiger partial charge in [-0.25, -0.2) is 9.59 Å². The highest BCUT2D eigenvalue weighted by Gasteiger charge is 2.45. The quantitative estimate of drug-likeness (QED) is 0.802. The molecule has 0 spiro atoms. The molecule has 0 radical (unpaired) electrons. The van der Waals surface area contributed by atoms with Gasteiger partial charge in [-0.2, -0.15) is 0 Å². The average molecular weight is 382 g/mol. The Kier molecular flexibility index (Phi) is 4.10. The van der Waals surface area contributed by atoms with E-state index in [1.54, 1.807) is 0 Å². The highest BCUT2D eigenvalue weighted by atomic mass is 16.5. The fourth-order valence-electron chi connectivity index (χ4n) is 4.66. The predicted octanol–water partition coefficient (Wildman–Crippen LogP) is 4.05. The number of hydrogen-bond donors (Lipinski definition) is 1. The molecule has 2 bridgehead atoms. The number of fused-ring (bicyclic) bond motifs is 2. The number of ether oxygens (including phenoxy) is 1. The zero-order valence-electron chi connectivity index (χ0n) is 15.4. The molecule has 1 unspecified atom stereocenters. The van der Waals surface area contributed by atoms with Crippen LogP contribution in [0, 0.1) is 0 Å². The minimum atomic E-state index is -0.876. The molecule has 1 aromatic carbocycles. The summed E-state index contributed by atoms with van der Waals surface area (Å²) in [5.74, 6) is 0.447. The van der Waals surface area contributed by atoms with Gasteiger partial charge < -0.3 is 19.3 Å². The first-order valence-corrected chi connectivity index (χ1v) is 9.89. The Labute approximate surface area is 162 Å². The second-order valence-corrected chi connectivity index (χ2v) is 7.98. The van der Waals surface area contributed by atoms with Crippen LogP contribution in [0.25, 0.3) is 11.3 Å². The van der Waals surface area contributed by atoms with Crippen LogP contribution in [-0.4, -0.2) is 45.4 Å². The van der Waals surface area contributed by atoms with E-state index in [1.807, 2.05) is 30.3 Å². The number of aromatic nitrogens is 1. The Morgan fingerprint density at radius 1 is 1.07 bits per heavy atom. The number of amides is 1. The molecule has 2 aliphatic heterocycles. The van der Waals surface area contributed by atoms with Crippen LogP contribution < -0.4 is 0 Å². The van der Waals surface area contributed by atoms with Gasteiger partial charge in [-0.3, -0.25) is 0 Å². The Bertz CT molecular complexity index is 891. The fourth-order valence-corrected chi connectivity index (χ4v) is 4.66. The zero-order chi connectivity index (χ0) is 19.3. The topological polar surface area (TPSA) is 92.9 Å². The maximum absolute atomic E-state index is 13.1. The van der Waals surface area contributed by atoms with Crippen molar-refractivity contribution < 1.29 is 24.0 Å². The molecule has 1 N–H and O–H groups in total. The van der Waals surface area contributed by atoms with Crippen LogP contribution in [0.2, 0.25) is 0 Å². The molecule has 3 atom stereocenters. The second kappa shape index (κ2) is 6.65. The van der Waals surface area contributed by atoms with Crippen LogP contribution in [0.15, 0.2) is 34.9 Å². The minimum absolute atomic E-state index is 0.0620. The van der Waals surface area contributed by atoms with Crippen LogP contribution in [0.1, 0.15) is 60.6 Å². The van der Waals surface area contributed by atoms with E-state index in [4.69, 9.17) is 9.26 Å². The molecule has 28 heavy (non-hydrogen) atoms. The second-order valence-electron chi connectivity index (χ2n) is 7.98. The van der Waals surface area contributed by atoms with Crippen molar-refractivity contribution in [3.63, 3.8) is 0 Å². The Morgan fingerprint density at radius 2 is 1.75 bits per heavy atom. The van der Waals surface area contributed by atoms with Gasteiger partial charge in [0.25, 0.3) is 0 Å². The number of carbonyl (C=O) groups excluding carboxylic acids is 1. The molecular formula is C21H22N2O5. The number of carbonyl (C=O) groups is 2. The van der Waals surface area contributed by atoms with Crippen molar-refractivity contribution in [1.82, 2.24) is 10.1 Å². The SMILES string of the molecule is O=C(OC1C[C@H]2CC[C@@H](C1)N2C(=O)O)c1c(-c2ccccc2)noc1C1CC1. The average Bonchev–Trinajstić information content (AvgIpc) is 3.37. The van der Waals surface area contributed by atoms with E-state index < -0.39 is 12.1 Å². The van der Waals surface area contributed by atoms with E-state index in [-0.39, 0.29) is 24.1 Å². The van der Waals surface area contributed by atoms with Gasteiger partial charge >= 0.3 is 12.1 Å². The third-order valence-electron chi connectivity index (χ3n) is 6.10. The molecule has 1 amide bonds. The van der Waals surface area contributed by atoms with Crippen LogP contribution in [0.3, 0.4) is 0 Å². The number of carboxylic acid groups (broad SMARTS) is 1. The van der Waals surface area contributed by atoms with Crippen molar-refractivity contribution in [2.75, 3.05) is 0 Å². The number of rotatable bonds is 4. The van der Waals surface area contributed by atoms with E-state index in [1.165, 1.54) is 4.90 Å². The maximum Gasteiger partial charge on any atom is 0.407 e. The summed E-state index contributed by atoms with van der Waals surface area (Å²) < 4.78 is 11.4. The standard InChI is InChI=1S/C21H22N2O5/c24-20(27-16-10-14-8-9-15(11-16)23(14)21(25)26)17-18(12-4-2-1-3-5-12)22-28-19(17)13-6-7-13/h1-5,13-16H,6-11H2,(H,25,26)/t14-,15+,16?. The summed E-state index contributed by atoms with van der Waals surface area (Å²) in [5.41, 5.74) is 1.78. The van der Waals surface area contributed by atoms with E-state index in [0.717, 1.165) is 31.2 Å². The van der Waals surface area contributed by atoms with Gasteiger partial charge in [0.1, 0.15) is 17.4 Å². The van der Waals surface area contributed by atoms with Gasteiger partial charge in [-0.1, -0.05) is 35.5 Å². The summed E-state index contributed by atoms with van der Waals surface area (Å²) in [6.07, 6.45) is 3.61. The lowest BCUT2D eigenvalue weighted by Gasteiger charge is -2.36. The molecule has 3 aliphatic rings. The highest BCUT2D eigenvalue weighted by molar-refractivity contribution is 5.97. The van der Waals surface area contributed by atoms with Crippen molar-refractivity contribution >= 4 is 12.1 Å². The summed E-state index contributed by atoms with van der Waals surface area (Å²) in [5, 5.41) is 13.6. The van der Waals surface area contributed by atoms with E-state index in [9.17, 15) is 14.7 Å². The first kappa shape index (κ1) is 17.3. The summed E-state index contributed by atoms with van der Waals surface area (Å²) in [7, 11) is 0. The molecule has 3 fully saturated rings. The Balaban J connectivity index is 1.39. The first-order valence-electron chi connectivity index (χ1n) is 9.89. The van der Waals surface area contributed by atoms with Gasteiger partial charge in [0.2, 0.25) is 0 Å². The number of piperidine rings is 1. The molecule has 3 heterocycles. The minimum Gasteiger partial charge on any atom is -0.465 e. The molecule has 7 heteroatoms. The van der Waals surface area contributed by atoms with Crippen LogP contribution in [0.4, 0.5) is 4.79 Å². The van der Waals surface area contributed by atoms with Gasteiger partial charge in [0.15, 0.2) is 5.76 Å². The zero-order valence-corrected chi connectivity index (χ0v) is 15.4. The van der Waals surface area contributed by atoms with Crippen molar-refractivity contribution in [2.24, 2.45) is 0 Å². The molecule has 1 saturated carbocycles. The Hall–Kier alpha value is -2.83. The number of benzene rings is 1. The lowest BCUT2D eigenvalue weighted by molar-refractivity contribution is -0.00218. The van der Waals surface area contributed by atoms with Gasteiger partial charge in [0.05, 0.1) is 0 Å². The molecule has 5 rings (SSSR count). The lowest BCUT2D eigenvalue weighted by Crippen LogP contribution is -2.48. The fraction of sp³-hybridized carbons (Fsp3) is 0.476. The van der Waals surface area contributed by atoms with Gasteiger partial charge in [0, 0.05) is 36.4 Å². The van der Waals surface area contributed by atoms with E-state index in [0.29, 0.717) is 29.9 Å².